The van der Waals surface area contributed by atoms with E-state index in [9.17, 15) is 9.90 Å². The molecule has 0 aromatic heterocycles. The second kappa shape index (κ2) is 7.08. The lowest BCUT2D eigenvalue weighted by Gasteiger charge is -2.44. The zero-order valence-corrected chi connectivity index (χ0v) is 15.5. The average molecular weight is 326 g/mol. The Bertz CT molecular complexity index is 417. The fraction of sp³-hybridized carbons (Fsp3) is 0.944. The van der Waals surface area contributed by atoms with Crippen LogP contribution >= 0.6 is 0 Å². The van der Waals surface area contributed by atoms with Crippen molar-refractivity contribution >= 4 is 5.91 Å². The molecule has 0 aliphatic carbocycles. The Labute approximate surface area is 141 Å². The van der Waals surface area contributed by atoms with Gasteiger partial charge >= 0.3 is 0 Å². The molecule has 2 aliphatic rings. The normalized spacial score (nSPS) is 28.3. The minimum atomic E-state index is -0.839. The number of carbonyl (C=O) groups excluding carboxylic acids is 1. The molecule has 2 heterocycles. The lowest BCUT2D eigenvalue weighted by molar-refractivity contribution is -0.154. The molecule has 2 atom stereocenters. The van der Waals surface area contributed by atoms with E-state index in [2.05, 4.69) is 25.7 Å². The van der Waals surface area contributed by atoms with Crippen molar-refractivity contribution in [3.05, 3.63) is 0 Å². The SMILES string of the molecule is CC(C)(C)N1CCCC(OCC(C)(C)N2CCCC(O)C2=O)C1. The number of amides is 1. The van der Waals surface area contributed by atoms with Gasteiger partial charge in [-0.15, -0.1) is 0 Å². The quantitative estimate of drug-likeness (QED) is 0.859. The molecule has 1 N–H and O–H groups in total. The molecule has 0 saturated carbocycles. The van der Waals surface area contributed by atoms with Crippen molar-refractivity contribution in [1.82, 2.24) is 9.80 Å². The molecule has 23 heavy (non-hydrogen) atoms. The molecule has 0 spiro atoms. The third-order valence-electron chi connectivity index (χ3n) is 5.14. The predicted molar refractivity (Wildman–Crippen MR) is 91.3 cm³/mol. The second-order valence-corrected chi connectivity index (χ2v) is 8.65. The van der Waals surface area contributed by atoms with Gasteiger partial charge in [0.15, 0.2) is 0 Å². The summed E-state index contributed by atoms with van der Waals surface area (Å²) in [6, 6.07) is 0. The summed E-state index contributed by atoms with van der Waals surface area (Å²) in [7, 11) is 0. The van der Waals surface area contributed by atoms with E-state index in [1.54, 1.807) is 4.90 Å². The molecule has 2 fully saturated rings. The van der Waals surface area contributed by atoms with Crippen LogP contribution in [-0.2, 0) is 9.53 Å². The monoisotopic (exact) mass is 326 g/mol. The molecular formula is C18H34N2O3. The molecule has 5 nitrogen and oxygen atoms in total. The maximum absolute atomic E-state index is 12.2. The Morgan fingerprint density at radius 1 is 1.13 bits per heavy atom. The van der Waals surface area contributed by atoms with Gasteiger partial charge in [-0.05, 0) is 66.8 Å². The van der Waals surface area contributed by atoms with Crippen LogP contribution in [0.1, 0.15) is 60.3 Å². The molecule has 5 heteroatoms. The van der Waals surface area contributed by atoms with Gasteiger partial charge in [0.05, 0.1) is 18.2 Å². The van der Waals surface area contributed by atoms with Crippen molar-refractivity contribution in [1.29, 1.82) is 0 Å². The van der Waals surface area contributed by atoms with E-state index >= 15 is 0 Å². The Balaban J connectivity index is 1.90. The van der Waals surface area contributed by atoms with E-state index in [0.29, 0.717) is 19.6 Å². The van der Waals surface area contributed by atoms with Gasteiger partial charge in [0.1, 0.15) is 6.10 Å². The van der Waals surface area contributed by atoms with Gasteiger partial charge in [-0.3, -0.25) is 9.69 Å². The number of aliphatic hydroxyl groups is 1. The van der Waals surface area contributed by atoms with Crippen molar-refractivity contribution in [2.45, 2.75) is 83.6 Å². The van der Waals surface area contributed by atoms with E-state index in [1.807, 2.05) is 13.8 Å². The molecule has 0 radical (unpaired) electrons. The number of aliphatic hydroxyl groups excluding tert-OH is 1. The highest BCUT2D eigenvalue weighted by atomic mass is 16.5. The highest BCUT2D eigenvalue weighted by Crippen LogP contribution is 2.25. The molecule has 2 saturated heterocycles. The molecule has 134 valence electrons. The molecule has 2 rings (SSSR count). The van der Waals surface area contributed by atoms with E-state index in [4.69, 9.17) is 4.74 Å². The van der Waals surface area contributed by atoms with Crippen molar-refractivity contribution in [2.75, 3.05) is 26.2 Å². The van der Waals surface area contributed by atoms with Gasteiger partial charge < -0.3 is 14.7 Å². The molecule has 2 aliphatic heterocycles. The summed E-state index contributed by atoms with van der Waals surface area (Å²) in [6.07, 6.45) is 3.07. The Hall–Kier alpha value is -0.650. The van der Waals surface area contributed by atoms with E-state index < -0.39 is 6.10 Å². The summed E-state index contributed by atoms with van der Waals surface area (Å²) in [4.78, 5) is 16.5. The van der Waals surface area contributed by atoms with Gasteiger partial charge in [0, 0.05) is 18.6 Å². The lowest BCUT2D eigenvalue weighted by atomic mass is 9.97. The van der Waals surface area contributed by atoms with E-state index in [-0.39, 0.29) is 23.1 Å². The second-order valence-electron chi connectivity index (χ2n) is 8.65. The van der Waals surface area contributed by atoms with Crippen LogP contribution in [-0.4, -0.2) is 70.3 Å². The number of rotatable bonds is 4. The predicted octanol–water partition coefficient (Wildman–Crippen LogP) is 2.03. The van der Waals surface area contributed by atoms with Crippen LogP contribution in [0.4, 0.5) is 0 Å². The number of likely N-dealkylation sites (tertiary alicyclic amines) is 2. The molecule has 1 amide bonds. The zero-order chi connectivity index (χ0) is 17.3. The minimum absolute atomic E-state index is 0.148. The highest BCUT2D eigenvalue weighted by Gasteiger charge is 2.38. The molecule has 0 bridgehead atoms. The standard InChI is InChI=1S/C18H34N2O3/c1-17(2,3)19-10-6-8-14(12-19)23-13-18(4,5)20-11-7-9-15(21)16(20)22/h14-15,21H,6-13H2,1-5H3. The maximum atomic E-state index is 12.2. The molecule has 2 unspecified atom stereocenters. The Morgan fingerprint density at radius 2 is 1.78 bits per heavy atom. The third-order valence-corrected chi connectivity index (χ3v) is 5.14. The smallest absolute Gasteiger partial charge is 0.251 e. The maximum Gasteiger partial charge on any atom is 0.251 e. The van der Waals surface area contributed by atoms with Crippen molar-refractivity contribution in [2.24, 2.45) is 0 Å². The van der Waals surface area contributed by atoms with Crippen molar-refractivity contribution < 1.29 is 14.6 Å². The van der Waals surface area contributed by atoms with Gasteiger partial charge in [-0.25, -0.2) is 0 Å². The Kier molecular flexibility index (Phi) is 5.75. The fourth-order valence-electron chi connectivity index (χ4n) is 3.54. The summed E-state index contributed by atoms with van der Waals surface area (Å²) in [5, 5.41) is 9.81. The van der Waals surface area contributed by atoms with Crippen LogP contribution in [0.2, 0.25) is 0 Å². The largest absolute Gasteiger partial charge is 0.383 e. The molecule has 0 aromatic rings. The zero-order valence-electron chi connectivity index (χ0n) is 15.5. The summed E-state index contributed by atoms with van der Waals surface area (Å²) in [6.45, 7) is 14.1. The van der Waals surface area contributed by atoms with Gasteiger partial charge in [0.25, 0.3) is 5.91 Å². The lowest BCUT2D eigenvalue weighted by Crippen LogP contribution is -2.57. The van der Waals surface area contributed by atoms with E-state index in [0.717, 1.165) is 32.4 Å². The third kappa shape index (κ3) is 4.68. The summed E-state index contributed by atoms with van der Waals surface area (Å²) >= 11 is 0. The van der Waals surface area contributed by atoms with Gasteiger partial charge in [-0.1, -0.05) is 0 Å². The summed E-state index contributed by atoms with van der Waals surface area (Å²) < 4.78 is 6.19. The first-order valence-corrected chi connectivity index (χ1v) is 8.97. The molecule has 0 aromatic carbocycles. The van der Waals surface area contributed by atoms with Crippen LogP contribution in [0, 0.1) is 0 Å². The van der Waals surface area contributed by atoms with Crippen LogP contribution in [0.15, 0.2) is 0 Å². The van der Waals surface area contributed by atoms with Crippen molar-refractivity contribution in [3.63, 3.8) is 0 Å². The average Bonchev–Trinajstić information content (AvgIpc) is 2.47. The van der Waals surface area contributed by atoms with Crippen LogP contribution < -0.4 is 0 Å². The fourth-order valence-corrected chi connectivity index (χ4v) is 3.54. The topological polar surface area (TPSA) is 53.0 Å². The first-order valence-electron chi connectivity index (χ1n) is 8.97. The summed E-state index contributed by atoms with van der Waals surface area (Å²) in [5.74, 6) is -0.148. The van der Waals surface area contributed by atoms with E-state index in [1.165, 1.54) is 0 Å². The molecular weight excluding hydrogens is 292 g/mol. The first kappa shape index (κ1) is 18.7. The van der Waals surface area contributed by atoms with Gasteiger partial charge in [-0.2, -0.15) is 0 Å². The van der Waals surface area contributed by atoms with Gasteiger partial charge in [0.2, 0.25) is 0 Å². The number of carbonyl (C=O) groups is 1. The number of ether oxygens (including phenoxy) is 1. The number of piperidine rings is 2. The highest BCUT2D eigenvalue weighted by molar-refractivity contribution is 5.82. The number of hydrogen-bond donors (Lipinski definition) is 1. The van der Waals surface area contributed by atoms with Crippen molar-refractivity contribution in [3.8, 4) is 0 Å². The minimum Gasteiger partial charge on any atom is -0.383 e. The summed E-state index contributed by atoms with van der Waals surface area (Å²) in [5.41, 5.74) is -0.201. The number of nitrogens with zero attached hydrogens (tertiary/aromatic N) is 2. The van der Waals surface area contributed by atoms with Crippen LogP contribution in [0.25, 0.3) is 0 Å². The van der Waals surface area contributed by atoms with Crippen LogP contribution in [0.5, 0.6) is 0 Å². The Morgan fingerprint density at radius 3 is 2.43 bits per heavy atom. The first-order chi connectivity index (χ1) is 10.6. The van der Waals surface area contributed by atoms with Crippen LogP contribution in [0.3, 0.4) is 0 Å². The number of hydrogen-bond acceptors (Lipinski definition) is 4.